The van der Waals surface area contributed by atoms with Gasteiger partial charge < -0.3 is 24.0 Å². The van der Waals surface area contributed by atoms with Gasteiger partial charge in [0.25, 0.3) is 5.91 Å². The molecule has 7 heteroatoms. The summed E-state index contributed by atoms with van der Waals surface area (Å²) in [6, 6.07) is 10.9. The molecule has 7 nitrogen and oxygen atoms in total. The third-order valence-electron chi connectivity index (χ3n) is 5.77. The topological polar surface area (TPSA) is 81.0 Å². The van der Waals surface area contributed by atoms with Gasteiger partial charge in [-0.1, -0.05) is 50.6 Å². The van der Waals surface area contributed by atoms with E-state index in [-0.39, 0.29) is 29.9 Å². The van der Waals surface area contributed by atoms with Gasteiger partial charge in [-0.3, -0.25) is 9.59 Å². The molecule has 0 radical (unpaired) electrons. The summed E-state index contributed by atoms with van der Waals surface area (Å²) in [7, 11) is 3.27. The zero-order valence-corrected chi connectivity index (χ0v) is 19.8. The highest BCUT2D eigenvalue weighted by Gasteiger charge is 2.27. The molecule has 0 bridgehead atoms. The van der Waals surface area contributed by atoms with Crippen LogP contribution in [0, 0.1) is 5.92 Å². The largest absolute Gasteiger partial charge is 0.483 e. The number of aliphatic hydroxyl groups excluding tert-OH is 1. The Balaban J connectivity index is 2.52. The number of ether oxygens (including phenoxy) is 2. The van der Waals surface area contributed by atoms with Crippen LogP contribution in [0.25, 0.3) is 0 Å². The van der Waals surface area contributed by atoms with E-state index in [4.69, 9.17) is 9.47 Å². The van der Waals surface area contributed by atoms with Gasteiger partial charge >= 0.3 is 0 Å². The fourth-order valence-corrected chi connectivity index (χ4v) is 3.55. The second kappa shape index (κ2) is 12.4. The van der Waals surface area contributed by atoms with Crippen molar-refractivity contribution in [3.8, 4) is 5.75 Å². The molecule has 0 aliphatic heterocycles. The first-order valence-electron chi connectivity index (χ1n) is 11.2. The summed E-state index contributed by atoms with van der Waals surface area (Å²) in [5.74, 6) is -0.0522. The Hall–Kier alpha value is -2.64. The van der Waals surface area contributed by atoms with Crippen molar-refractivity contribution in [1.82, 2.24) is 9.47 Å². The SMILES string of the molecule is CCC(C)CC(O)c1cc(=O)c(OCc2ccccc2)c(C(=O)N(CC)CCOC)n1C. The van der Waals surface area contributed by atoms with Crippen LogP contribution in [-0.4, -0.2) is 47.3 Å². The summed E-state index contributed by atoms with van der Waals surface area (Å²) in [6.45, 7) is 7.36. The number of methoxy groups -OCH3 is 1. The van der Waals surface area contributed by atoms with Crippen LogP contribution >= 0.6 is 0 Å². The number of nitrogens with zero attached hydrogens (tertiary/aromatic N) is 2. The maximum Gasteiger partial charge on any atom is 0.274 e. The molecule has 176 valence electrons. The summed E-state index contributed by atoms with van der Waals surface area (Å²) >= 11 is 0. The smallest absolute Gasteiger partial charge is 0.274 e. The second-order valence-corrected chi connectivity index (χ2v) is 8.09. The Labute approximate surface area is 190 Å². The first-order valence-corrected chi connectivity index (χ1v) is 11.2. The van der Waals surface area contributed by atoms with E-state index in [1.165, 1.54) is 6.07 Å². The van der Waals surface area contributed by atoms with Crippen molar-refractivity contribution in [2.24, 2.45) is 13.0 Å². The monoisotopic (exact) mass is 444 g/mol. The van der Waals surface area contributed by atoms with Gasteiger partial charge in [-0.2, -0.15) is 0 Å². The van der Waals surface area contributed by atoms with Gasteiger partial charge in [0.1, 0.15) is 6.61 Å². The average molecular weight is 445 g/mol. The molecule has 1 N–H and O–H groups in total. The first kappa shape index (κ1) is 25.6. The summed E-state index contributed by atoms with van der Waals surface area (Å²) in [5, 5.41) is 10.8. The summed E-state index contributed by atoms with van der Waals surface area (Å²) in [4.78, 5) is 28.2. The van der Waals surface area contributed by atoms with Crippen LogP contribution in [-0.2, 0) is 18.4 Å². The molecule has 32 heavy (non-hydrogen) atoms. The second-order valence-electron chi connectivity index (χ2n) is 8.09. The average Bonchev–Trinajstić information content (AvgIpc) is 2.79. The van der Waals surface area contributed by atoms with E-state index in [0.29, 0.717) is 31.8 Å². The molecule has 1 aromatic heterocycles. The number of hydrogen-bond acceptors (Lipinski definition) is 5. The van der Waals surface area contributed by atoms with E-state index in [2.05, 4.69) is 6.92 Å². The zero-order valence-electron chi connectivity index (χ0n) is 19.8. The number of aliphatic hydroxyl groups is 1. The number of carbonyl (C=O) groups excluding carboxylic acids is 1. The minimum absolute atomic E-state index is 0.00305. The van der Waals surface area contributed by atoms with Gasteiger partial charge in [0.05, 0.1) is 18.4 Å². The fourth-order valence-electron chi connectivity index (χ4n) is 3.55. The highest BCUT2D eigenvalue weighted by Crippen LogP contribution is 2.26. The van der Waals surface area contributed by atoms with Gasteiger partial charge in [0.15, 0.2) is 11.4 Å². The quantitative estimate of drug-likeness (QED) is 0.542. The zero-order chi connectivity index (χ0) is 23.7. The lowest BCUT2D eigenvalue weighted by Crippen LogP contribution is -2.37. The van der Waals surface area contributed by atoms with Crippen molar-refractivity contribution in [3.05, 3.63) is 63.6 Å². The van der Waals surface area contributed by atoms with Gasteiger partial charge in [-0.15, -0.1) is 0 Å². The van der Waals surface area contributed by atoms with E-state index in [0.717, 1.165) is 12.0 Å². The number of carbonyl (C=O) groups is 1. The molecule has 1 heterocycles. The predicted octanol–water partition coefficient (Wildman–Crippen LogP) is 3.54. The van der Waals surface area contributed by atoms with Gasteiger partial charge in [-0.05, 0) is 24.8 Å². The van der Waals surface area contributed by atoms with Gasteiger partial charge in [-0.25, -0.2) is 0 Å². The Morgan fingerprint density at radius 2 is 1.91 bits per heavy atom. The standard InChI is InChI=1S/C25H36N2O5/c1-6-18(3)15-21(28)20-16-22(29)24(32-17-19-11-9-8-10-12-19)23(26(20)4)25(30)27(7-2)13-14-31-5/h8-12,16,18,21,28H,6-7,13-15,17H2,1-5H3. The minimum atomic E-state index is -0.855. The highest BCUT2D eigenvalue weighted by molar-refractivity contribution is 5.95. The summed E-state index contributed by atoms with van der Waals surface area (Å²) in [6.07, 6.45) is 0.560. The number of likely N-dealkylation sites (N-methyl/N-ethyl adjacent to an activating group) is 1. The number of pyridine rings is 1. The van der Waals surface area contributed by atoms with Crippen molar-refractivity contribution < 1.29 is 19.4 Å². The van der Waals surface area contributed by atoms with Crippen LogP contribution in [0.15, 0.2) is 41.2 Å². The number of benzene rings is 1. The molecule has 0 fully saturated rings. The lowest BCUT2D eigenvalue weighted by molar-refractivity contribution is 0.0686. The molecule has 0 spiro atoms. The molecule has 2 atom stereocenters. The molecular formula is C25H36N2O5. The number of rotatable bonds is 12. The molecule has 2 rings (SSSR count). The normalized spacial score (nSPS) is 12.9. The number of hydrogen-bond donors (Lipinski definition) is 1. The fraction of sp³-hybridized carbons (Fsp3) is 0.520. The van der Waals surface area contributed by atoms with E-state index in [1.807, 2.05) is 44.2 Å². The van der Waals surface area contributed by atoms with Crippen LogP contribution in [0.4, 0.5) is 0 Å². The third kappa shape index (κ3) is 6.43. The molecule has 0 saturated carbocycles. The maximum atomic E-state index is 13.5. The van der Waals surface area contributed by atoms with Crippen molar-refractivity contribution in [1.29, 1.82) is 0 Å². The van der Waals surface area contributed by atoms with Crippen molar-refractivity contribution >= 4 is 5.91 Å². The Bertz CT molecular complexity index is 926. The molecule has 2 unspecified atom stereocenters. The predicted molar refractivity (Wildman–Crippen MR) is 125 cm³/mol. The molecule has 1 amide bonds. The Morgan fingerprint density at radius 3 is 2.50 bits per heavy atom. The van der Waals surface area contributed by atoms with Crippen molar-refractivity contribution in [3.63, 3.8) is 0 Å². The highest BCUT2D eigenvalue weighted by atomic mass is 16.5. The maximum absolute atomic E-state index is 13.5. The lowest BCUT2D eigenvalue weighted by Gasteiger charge is -2.26. The number of amides is 1. The molecule has 0 saturated heterocycles. The third-order valence-corrected chi connectivity index (χ3v) is 5.77. The van der Waals surface area contributed by atoms with Crippen LogP contribution in [0.1, 0.15) is 61.5 Å². The molecular weight excluding hydrogens is 408 g/mol. The van der Waals surface area contributed by atoms with Crippen LogP contribution in [0.3, 0.4) is 0 Å². The van der Waals surface area contributed by atoms with Crippen LogP contribution < -0.4 is 10.2 Å². The first-order chi connectivity index (χ1) is 15.3. The van der Waals surface area contributed by atoms with Crippen molar-refractivity contribution in [2.75, 3.05) is 26.8 Å². The minimum Gasteiger partial charge on any atom is -0.483 e. The Morgan fingerprint density at radius 1 is 1.22 bits per heavy atom. The summed E-state index contributed by atoms with van der Waals surface area (Å²) in [5.41, 5.74) is 1.03. The van der Waals surface area contributed by atoms with Crippen molar-refractivity contribution in [2.45, 2.75) is 46.3 Å². The number of aromatic nitrogens is 1. The molecule has 1 aromatic carbocycles. The summed E-state index contributed by atoms with van der Waals surface area (Å²) < 4.78 is 12.6. The molecule has 0 aliphatic rings. The Kier molecular flexibility index (Phi) is 9.94. The van der Waals surface area contributed by atoms with Gasteiger partial charge in [0.2, 0.25) is 5.43 Å². The molecule has 2 aromatic rings. The van der Waals surface area contributed by atoms with E-state index in [1.54, 1.807) is 23.6 Å². The van der Waals surface area contributed by atoms with Crippen LogP contribution in [0.5, 0.6) is 5.75 Å². The van der Waals surface area contributed by atoms with E-state index >= 15 is 0 Å². The van der Waals surface area contributed by atoms with E-state index < -0.39 is 11.5 Å². The van der Waals surface area contributed by atoms with E-state index in [9.17, 15) is 14.7 Å². The van der Waals surface area contributed by atoms with Crippen LogP contribution in [0.2, 0.25) is 0 Å². The van der Waals surface area contributed by atoms with Gasteiger partial charge in [0, 0.05) is 33.3 Å². The lowest BCUT2D eigenvalue weighted by atomic mass is 9.98. The molecule has 0 aliphatic carbocycles.